The summed E-state index contributed by atoms with van der Waals surface area (Å²) in [5.41, 5.74) is -0.906. The van der Waals surface area contributed by atoms with Gasteiger partial charge < -0.3 is 15.2 Å². The Bertz CT molecular complexity index is 413. The Balaban J connectivity index is 2.81. The van der Waals surface area contributed by atoms with Crippen LogP contribution in [0, 0.1) is 0 Å². The zero-order valence-electron chi connectivity index (χ0n) is 10.1. The molecule has 0 aliphatic heterocycles. The van der Waals surface area contributed by atoms with E-state index in [-0.39, 0.29) is 0 Å². The van der Waals surface area contributed by atoms with E-state index >= 15 is 0 Å². The third-order valence-electron chi connectivity index (χ3n) is 2.05. The fourth-order valence-electron chi connectivity index (χ4n) is 1.14. The van der Waals surface area contributed by atoms with E-state index in [4.69, 9.17) is 16.3 Å². The van der Waals surface area contributed by atoms with Gasteiger partial charge in [-0.15, -0.1) is 0 Å². The number of aliphatic hydroxyl groups is 1. The standard InChI is InChI=1S/C12H16ClNO3/c1-4-17-10-6-5-8(7-9(10)13)14-11(15)12(2,3)16/h5-7,16H,4H2,1-3H3,(H,14,15). The van der Waals surface area contributed by atoms with Crippen molar-refractivity contribution in [1.29, 1.82) is 0 Å². The molecule has 0 aliphatic carbocycles. The Labute approximate surface area is 106 Å². The predicted octanol–water partition coefficient (Wildman–Crippen LogP) is 2.45. The van der Waals surface area contributed by atoms with Crippen LogP contribution < -0.4 is 10.1 Å². The van der Waals surface area contributed by atoms with Crippen molar-refractivity contribution in [3.8, 4) is 5.75 Å². The maximum Gasteiger partial charge on any atom is 0.255 e. The number of carbonyl (C=O) groups is 1. The highest BCUT2D eigenvalue weighted by Gasteiger charge is 2.23. The Kier molecular flexibility index (Phi) is 4.37. The average molecular weight is 258 g/mol. The van der Waals surface area contributed by atoms with Crippen LogP contribution in [0.15, 0.2) is 18.2 Å². The zero-order chi connectivity index (χ0) is 13.1. The SMILES string of the molecule is CCOc1ccc(NC(=O)C(C)(C)O)cc1Cl. The van der Waals surface area contributed by atoms with Crippen molar-refractivity contribution in [3.63, 3.8) is 0 Å². The summed E-state index contributed by atoms with van der Waals surface area (Å²) >= 11 is 5.97. The molecule has 94 valence electrons. The first kappa shape index (κ1) is 13.8. The number of rotatable bonds is 4. The molecule has 4 nitrogen and oxygen atoms in total. The molecule has 0 fully saturated rings. The average Bonchev–Trinajstić information content (AvgIpc) is 2.21. The van der Waals surface area contributed by atoms with Crippen LogP contribution in [0.25, 0.3) is 0 Å². The zero-order valence-corrected chi connectivity index (χ0v) is 10.8. The summed E-state index contributed by atoms with van der Waals surface area (Å²) in [4.78, 5) is 11.5. The molecule has 5 heteroatoms. The lowest BCUT2D eigenvalue weighted by Crippen LogP contribution is -2.36. The van der Waals surface area contributed by atoms with Gasteiger partial charge in [0.15, 0.2) is 0 Å². The van der Waals surface area contributed by atoms with Gasteiger partial charge in [0.25, 0.3) is 5.91 Å². The molecular formula is C12H16ClNO3. The summed E-state index contributed by atoms with van der Waals surface area (Å²) in [6.07, 6.45) is 0. The smallest absolute Gasteiger partial charge is 0.255 e. The van der Waals surface area contributed by atoms with Gasteiger partial charge >= 0.3 is 0 Å². The Morgan fingerprint density at radius 3 is 2.65 bits per heavy atom. The maximum atomic E-state index is 11.5. The molecule has 2 N–H and O–H groups in total. The third-order valence-corrected chi connectivity index (χ3v) is 2.34. The van der Waals surface area contributed by atoms with E-state index in [0.717, 1.165) is 0 Å². The van der Waals surface area contributed by atoms with Crippen LogP contribution in [0.1, 0.15) is 20.8 Å². The first-order chi connectivity index (χ1) is 7.84. The van der Waals surface area contributed by atoms with Crippen molar-refractivity contribution < 1.29 is 14.6 Å². The van der Waals surface area contributed by atoms with Gasteiger partial charge in [0.2, 0.25) is 0 Å². The van der Waals surface area contributed by atoms with Crippen molar-refractivity contribution in [2.75, 3.05) is 11.9 Å². The summed E-state index contributed by atoms with van der Waals surface area (Å²) in [5, 5.41) is 12.5. The lowest BCUT2D eigenvalue weighted by Gasteiger charge is -2.17. The number of anilines is 1. The Morgan fingerprint density at radius 1 is 1.53 bits per heavy atom. The summed E-state index contributed by atoms with van der Waals surface area (Å²) in [6.45, 7) is 5.21. The first-order valence-corrected chi connectivity index (χ1v) is 5.68. The van der Waals surface area contributed by atoms with E-state index in [1.807, 2.05) is 6.92 Å². The van der Waals surface area contributed by atoms with Crippen LogP contribution in [0.4, 0.5) is 5.69 Å². The number of carbonyl (C=O) groups excluding carboxylic acids is 1. The highest BCUT2D eigenvalue weighted by molar-refractivity contribution is 6.32. The number of hydrogen-bond donors (Lipinski definition) is 2. The molecule has 1 aromatic rings. The monoisotopic (exact) mass is 257 g/mol. The molecule has 1 aromatic carbocycles. The van der Waals surface area contributed by atoms with Crippen molar-refractivity contribution in [1.82, 2.24) is 0 Å². The van der Waals surface area contributed by atoms with Crippen LogP contribution in [-0.2, 0) is 4.79 Å². The lowest BCUT2D eigenvalue weighted by molar-refractivity contribution is -0.130. The molecule has 0 saturated heterocycles. The summed E-state index contributed by atoms with van der Waals surface area (Å²) in [7, 11) is 0. The first-order valence-electron chi connectivity index (χ1n) is 5.30. The minimum Gasteiger partial charge on any atom is -0.492 e. The molecule has 0 radical (unpaired) electrons. The van der Waals surface area contributed by atoms with E-state index in [0.29, 0.717) is 23.1 Å². The van der Waals surface area contributed by atoms with Crippen LogP contribution in [0.2, 0.25) is 5.02 Å². The van der Waals surface area contributed by atoms with Crippen LogP contribution >= 0.6 is 11.6 Å². The molecule has 1 amide bonds. The molecule has 0 bridgehead atoms. The van der Waals surface area contributed by atoms with Gasteiger partial charge in [-0.1, -0.05) is 11.6 Å². The van der Waals surface area contributed by atoms with E-state index in [9.17, 15) is 9.90 Å². The number of hydrogen-bond acceptors (Lipinski definition) is 3. The van der Waals surface area contributed by atoms with Gasteiger partial charge in [-0.25, -0.2) is 0 Å². The molecule has 0 saturated carbocycles. The van der Waals surface area contributed by atoms with Crippen molar-refractivity contribution in [2.45, 2.75) is 26.4 Å². The Morgan fingerprint density at radius 2 is 2.18 bits per heavy atom. The summed E-state index contributed by atoms with van der Waals surface area (Å²) in [5.74, 6) is 0.0770. The van der Waals surface area contributed by atoms with Gasteiger partial charge in [-0.2, -0.15) is 0 Å². The molecular weight excluding hydrogens is 242 g/mol. The molecule has 1 rings (SSSR count). The number of ether oxygens (including phenoxy) is 1. The van der Waals surface area contributed by atoms with E-state index < -0.39 is 11.5 Å². The summed E-state index contributed by atoms with van der Waals surface area (Å²) < 4.78 is 5.27. The van der Waals surface area contributed by atoms with Gasteiger partial charge in [-0.3, -0.25) is 4.79 Å². The van der Waals surface area contributed by atoms with Crippen molar-refractivity contribution in [3.05, 3.63) is 23.2 Å². The highest BCUT2D eigenvalue weighted by Crippen LogP contribution is 2.27. The van der Waals surface area contributed by atoms with Gasteiger partial charge in [-0.05, 0) is 39.0 Å². The molecule has 17 heavy (non-hydrogen) atoms. The van der Waals surface area contributed by atoms with Crippen molar-refractivity contribution in [2.24, 2.45) is 0 Å². The summed E-state index contributed by atoms with van der Waals surface area (Å²) in [6, 6.07) is 4.92. The van der Waals surface area contributed by atoms with E-state index in [1.165, 1.54) is 13.8 Å². The number of amides is 1. The second-order valence-corrected chi connectivity index (χ2v) is 4.50. The maximum absolute atomic E-state index is 11.5. The van der Waals surface area contributed by atoms with Crippen LogP contribution in [0.3, 0.4) is 0 Å². The lowest BCUT2D eigenvalue weighted by atomic mass is 10.1. The van der Waals surface area contributed by atoms with Crippen molar-refractivity contribution >= 4 is 23.2 Å². The molecule has 0 unspecified atom stereocenters. The van der Waals surface area contributed by atoms with E-state index in [2.05, 4.69) is 5.32 Å². The largest absolute Gasteiger partial charge is 0.492 e. The minimum atomic E-state index is -1.43. The van der Waals surface area contributed by atoms with Crippen LogP contribution in [0.5, 0.6) is 5.75 Å². The fourth-order valence-corrected chi connectivity index (χ4v) is 1.37. The molecule has 0 spiro atoms. The Hall–Kier alpha value is -1.26. The normalized spacial score (nSPS) is 11.1. The molecule has 0 aromatic heterocycles. The second-order valence-electron chi connectivity index (χ2n) is 4.09. The topological polar surface area (TPSA) is 58.6 Å². The second kappa shape index (κ2) is 5.38. The third kappa shape index (κ3) is 3.91. The van der Waals surface area contributed by atoms with Crippen LogP contribution in [-0.4, -0.2) is 23.2 Å². The number of nitrogens with one attached hydrogen (secondary N) is 1. The quantitative estimate of drug-likeness (QED) is 0.871. The minimum absolute atomic E-state index is 0.417. The van der Waals surface area contributed by atoms with Gasteiger partial charge in [0.1, 0.15) is 11.4 Å². The van der Waals surface area contributed by atoms with E-state index in [1.54, 1.807) is 18.2 Å². The highest BCUT2D eigenvalue weighted by atomic mass is 35.5. The van der Waals surface area contributed by atoms with Gasteiger partial charge in [0, 0.05) is 5.69 Å². The molecule has 0 atom stereocenters. The fraction of sp³-hybridized carbons (Fsp3) is 0.417. The molecule has 0 aliphatic rings. The number of benzene rings is 1. The number of halogens is 1. The van der Waals surface area contributed by atoms with Gasteiger partial charge in [0.05, 0.1) is 11.6 Å². The predicted molar refractivity (Wildman–Crippen MR) is 67.5 cm³/mol. The molecule has 0 heterocycles.